The van der Waals surface area contributed by atoms with Crippen LogP contribution in [0.25, 0.3) is 0 Å². The molecule has 0 aromatic carbocycles. The van der Waals surface area contributed by atoms with Crippen molar-refractivity contribution in [3.8, 4) is 0 Å². The number of nitrogens with zero attached hydrogens (tertiary/aromatic N) is 2. The number of rotatable bonds is 3. The van der Waals surface area contributed by atoms with Crippen LogP contribution >= 0.6 is 0 Å². The summed E-state index contributed by atoms with van der Waals surface area (Å²) in [5.41, 5.74) is 0.0586. The van der Waals surface area contributed by atoms with Gasteiger partial charge < -0.3 is 4.52 Å². The summed E-state index contributed by atoms with van der Waals surface area (Å²) in [5, 5.41) is 7.69. The van der Waals surface area contributed by atoms with Crippen LogP contribution in [0, 0.1) is 0 Å². The van der Waals surface area contributed by atoms with Gasteiger partial charge >= 0.3 is 0 Å². The van der Waals surface area contributed by atoms with Crippen molar-refractivity contribution in [3.63, 3.8) is 0 Å². The average Bonchev–Trinajstić information content (AvgIpc) is 3.08. The standard InChI is InChI=1S/C12H19N3O/c1-11(2,3)15-12(6-7-12)10-13-9(14-16-10)8-4-5-8/h8,15H,4-7H2,1-3H3. The van der Waals surface area contributed by atoms with E-state index in [4.69, 9.17) is 4.52 Å². The van der Waals surface area contributed by atoms with E-state index in [9.17, 15) is 0 Å². The molecule has 0 amide bonds. The van der Waals surface area contributed by atoms with E-state index in [0.29, 0.717) is 5.92 Å². The van der Waals surface area contributed by atoms with E-state index in [1.54, 1.807) is 0 Å². The van der Waals surface area contributed by atoms with Gasteiger partial charge in [0.2, 0.25) is 5.89 Å². The van der Waals surface area contributed by atoms with Crippen LogP contribution in [0.2, 0.25) is 0 Å². The van der Waals surface area contributed by atoms with Crippen molar-refractivity contribution in [2.45, 2.75) is 63.5 Å². The average molecular weight is 221 g/mol. The molecule has 1 aromatic heterocycles. The fourth-order valence-corrected chi connectivity index (χ4v) is 2.17. The Morgan fingerprint density at radius 2 is 2.00 bits per heavy atom. The third-order valence-corrected chi connectivity index (χ3v) is 3.16. The van der Waals surface area contributed by atoms with Crippen LogP contribution in [-0.4, -0.2) is 15.7 Å². The molecule has 0 saturated heterocycles. The molecule has 1 aromatic rings. The smallest absolute Gasteiger partial charge is 0.246 e. The van der Waals surface area contributed by atoms with Gasteiger partial charge in [0.1, 0.15) is 0 Å². The zero-order chi connectivity index (χ0) is 11.4. The largest absolute Gasteiger partial charge is 0.337 e. The molecule has 2 saturated carbocycles. The highest BCUT2D eigenvalue weighted by Crippen LogP contribution is 2.47. The molecule has 16 heavy (non-hydrogen) atoms. The minimum Gasteiger partial charge on any atom is -0.337 e. The summed E-state index contributed by atoms with van der Waals surface area (Å²) in [6.07, 6.45) is 4.66. The molecule has 2 aliphatic rings. The van der Waals surface area contributed by atoms with Gasteiger partial charge in [-0.15, -0.1) is 0 Å². The van der Waals surface area contributed by atoms with Gasteiger partial charge in [-0.1, -0.05) is 5.16 Å². The Labute approximate surface area is 95.8 Å². The Bertz CT molecular complexity index is 397. The fourth-order valence-electron chi connectivity index (χ4n) is 2.17. The van der Waals surface area contributed by atoms with E-state index >= 15 is 0 Å². The zero-order valence-corrected chi connectivity index (χ0v) is 10.2. The highest BCUT2D eigenvalue weighted by Gasteiger charge is 2.51. The van der Waals surface area contributed by atoms with Gasteiger partial charge in [0.15, 0.2) is 5.82 Å². The van der Waals surface area contributed by atoms with Crippen LogP contribution < -0.4 is 5.32 Å². The number of hydrogen-bond donors (Lipinski definition) is 1. The Morgan fingerprint density at radius 1 is 1.31 bits per heavy atom. The van der Waals surface area contributed by atoms with Crippen LogP contribution in [0.15, 0.2) is 4.52 Å². The van der Waals surface area contributed by atoms with Gasteiger partial charge in [0, 0.05) is 11.5 Å². The summed E-state index contributed by atoms with van der Waals surface area (Å²) in [7, 11) is 0. The van der Waals surface area contributed by atoms with E-state index in [2.05, 4.69) is 36.2 Å². The van der Waals surface area contributed by atoms with E-state index in [-0.39, 0.29) is 11.1 Å². The Kier molecular flexibility index (Phi) is 1.97. The summed E-state index contributed by atoms with van der Waals surface area (Å²) < 4.78 is 5.42. The first-order chi connectivity index (χ1) is 7.49. The predicted molar refractivity (Wildman–Crippen MR) is 60.1 cm³/mol. The highest BCUT2D eigenvalue weighted by atomic mass is 16.5. The molecule has 0 aliphatic heterocycles. The lowest BCUT2D eigenvalue weighted by atomic mass is 10.1. The van der Waals surface area contributed by atoms with Crippen LogP contribution in [0.1, 0.15) is 64.1 Å². The lowest BCUT2D eigenvalue weighted by Gasteiger charge is -2.26. The van der Waals surface area contributed by atoms with Crippen LogP contribution in [-0.2, 0) is 5.54 Å². The van der Waals surface area contributed by atoms with Crippen molar-refractivity contribution in [1.29, 1.82) is 0 Å². The summed E-state index contributed by atoms with van der Waals surface area (Å²) in [4.78, 5) is 4.55. The Hall–Kier alpha value is -0.900. The van der Waals surface area contributed by atoms with Crippen LogP contribution in [0.5, 0.6) is 0 Å². The molecule has 4 nitrogen and oxygen atoms in total. The molecular formula is C12H19N3O. The van der Waals surface area contributed by atoms with E-state index in [1.807, 2.05) is 0 Å². The van der Waals surface area contributed by atoms with Gasteiger partial charge in [-0.2, -0.15) is 4.98 Å². The van der Waals surface area contributed by atoms with E-state index < -0.39 is 0 Å². The lowest BCUT2D eigenvalue weighted by molar-refractivity contribution is 0.270. The zero-order valence-electron chi connectivity index (χ0n) is 10.2. The molecule has 0 unspecified atom stereocenters. The topological polar surface area (TPSA) is 51.0 Å². The molecule has 3 rings (SSSR count). The maximum Gasteiger partial charge on any atom is 0.246 e. The highest BCUT2D eigenvalue weighted by molar-refractivity contribution is 5.17. The molecular weight excluding hydrogens is 202 g/mol. The minimum absolute atomic E-state index is 0.0294. The van der Waals surface area contributed by atoms with E-state index in [1.165, 1.54) is 12.8 Å². The molecule has 0 atom stereocenters. The van der Waals surface area contributed by atoms with Crippen LogP contribution in [0.3, 0.4) is 0 Å². The maximum atomic E-state index is 5.42. The molecule has 2 aliphatic carbocycles. The van der Waals surface area contributed by atoms with Crippen molar-refractivity contribution < 1.29 is 4.52 Å². The SMILES string of the molecule is CC(C)(C)NC1(c2nc(C3CC3)no2)CC1. The lowest BCUT2D eigenvalue weighted by Crippen LogP contribution is -2.43. The van der Waals surface area contributed by atoms with Crippen molar-refractivity contribution in [1.82, 2.24) is 15.5 Å². The van der Waals surface area contributed by atoms with E-state index in [0.717, 1.165) is 24.6 Å². The number of nitrogens with one attached hydrogen (secondary N) is 1. The van der Waals surface area contributed by atoms with Gasteiger partial charge in [-0.25, -0.2) is 0 Å². The normalized spacial score (nSPS) is 23.4. The van der Waals surface area contributed by atoms with Crippen molar-refractivity contribution in [3.05, 3.63) is 11.7 Å². The minimum atomic E-state index is -0.0294. The quantitative estimate of drug-likeness (QED) is 0.851. The molecule has 0 radical (unpaired) electrons. The first-order valence-corrected chi connectivity index (χ1v) is 6.12. The molecule has 1 N–H and O–H groups in total. The second-order valence-corrected chi connectivity index (χ2v) is 6.19. The second-order valence-electron chi connectivity index (χ2n) is 6.19. The Morgan fingerprint density at radius 3 is 2.50 bits per heavy atom. The monoisotopic (exact) mass is 221 g/mol. The molecule has 88 valence electrons. The Balaban J connectivity index is 1.79. The maximum absolute atomic E-state index is 5.42. The molecule has 4 heteroatoms. The van der Waals surface area contributed by atoms with Gasteiger partial charge in [-0.3, -0.25) is 5.32 Å². The van der Waals surface area contributed by atoms with Crippen LogP contribution in [0.4, 0.5) is 0 Å². The molecule has 0 spiro atoms. The van der Waals surface area contributed by atoms with Gasteiger partial charge in [-0.05, 0) is 46.5 Å². The first kappa shape index (κ1) is 10.3. The number of hydrogen-bond acceptors (Lipinski definition) is 4. The summed E-state index contributed by atoms with van der Waals surface area (Å²) >= 11 is 0. The fraction of sp³-hybridized carbons (Fsp3) is 0.833. The van der Waals surface area contributed by atoms with Crippen molar-refractivity contribution in [2.75, 3.05) is 0 Å². The molecule has 1 heterocycles. The van der Waals surface area contributed by atoms with Crippen molar-refractivity contribution >= 4 is 0 Å². The predicted octanol–water partition coefficient (Wildman–Crippen LogP) is 2.32. The third-order valence-electron chi connectivity index (χ3n) is 3.16. The van der Waals surface area contributed by atoms with Crippen molar-refractivity contribution in [2.24, 2.45) is 0 Å². The number of aromatic nitrogens is 2. The second kappa shape index (κ2) is 3.06. The van der Waals surface area contributed by atoms with Gasteiger partial charge in [0.05, 0.1) is 5.54 Å². The molecule has 2 fully saturated rings. The van der Waals surface area contributed by atoms with Gasteiger partial charge in [0.25, 0.3) is 0 Å². The molecule has 0 bridgehead atoms. The summed E-state index contributed by atoms with van der Waals surface area (Å²) in [5.74, 6) is 2.28. The summed E-state index contributed by atoms with van der Waals surface area (Å²) in [6, 6.07) is 0. The third kappa shape index (κ3) is 1.86. The summed E-state index contributed by atoms with van der Waals surface area (Å²) in [6.45, 7) is 6.52. The first-order valence-electron chi connectivity index (χ1n) is 6.12.